The van der Waals surface area contributed by atoms with Crippen LogP contribution >= 0.6 is 0 Å². The van der Waals surface area contributed by atoms with Crippen molar-refractivity contribution >= 4 is 17.6 Å². The maximum absolute atomic E-state index is 14.3. The molecule has 0 N–H and O–H groups in total. The molecule has 2 aliphatic rings. The molecule has 0 aliphatic carbocycles. The molecular formula is C19H26FN7O. The molecule has 8 nitrogen and oxygen atoms in total. The van der Waals surface area contributed by atoms with E-state index < -0.39 is 0 Å². The first-order valence-corrected chi connectivity index (χ1v) is 9.74. The summed E-state index contributed by atoms with van der Waals surface area (Å²) in [6.07, 6.45) is 5.07. The van der Waals surface area contributed by atoms with Crippen molar-refractivity contribution in [2.45, 2.75) is 25.8 Å². The minimum absolute atomic E-state index is 0.319. The van der Waals surface area contributed by atoms with Crippen LogP contribution in [-0.4, -0.2) is 72.4 Å². The Labute approximate surface area is 164 Å². The number of nitrogens with zero attached hydrogens (tertiary/aromatic N) is 7. The molecule has 2 aliphatic heterocycles. The van der Waals surface area contributed by atoms with Gasteiger partial charge in [-0.15, -0.1) is 0 Å². The molecule has 2 saturated heterocycles. The van der Waals surface area contributed by atoms with Crippen LogP contribution in [0.4, 0.5) is 22.0 Å². The molecule has 2 aromatic rings. The highest BCUT2D eigenvalue weighted by molar-refractivity contribution is 5.46. The molecule has 0 amide bonds. The van der Waals surface area contributed by atoms with Crippen LogP contribution < -0.4 is 14.7 Å². The van der Waals surface area contributed by atoms with E-state index in [1.807, 2.05) is 17.2 Å². The molecule has 4 rings (SSSR count). The molecule has 0 spiro atoms. The molecule has 150 valence electrons. The maximum Gasteiger partial charge on any atom is 0.227 e. The highest BCUT2D eigenvalue weighted by Gasteiger charge is 2.26. The van der Waals surface area contributed by atoms with Crippen molar-refractivity contribution in [3.8, 4) is 0 Å². The number of aryl methyl sites for hydroxylation is 1. The number of aromatic nitrogens is 4. The smallest absolute Gasteiger partial charge is 0.227 e. The second kappa shape index (κ2) is 8.22. The van der Waals surface area contributed by atoms with Gasteiger partial charge < -0.3 is 19.4 Å². The third-order valence-electron chi connectivity index (χ3n) is 5.54. The van der Waals surface area contributed by atoms with E-state index in [-0.39, 0.29) is 5.82 Å². The van der Waals surface area contributed by atoms with Crippen molar-refractivity contribution in [2.24, 2.45) is 0 Å². The first-order valence-electron chi connectivity index (χ1n) is 9.74. The lowest BCUT2D eigenvalue weighted by Crippen LogP contribution is -2.44. The number of ether oxygens (including phenoxy) is 1. The van der Waals surface area contributed by atoms with Crippen molar-refractivity contribution < 1.29 is 9.13 Å². The first-order chi connectivity index (χ1) is 13.6. The molecule has 0 bridgehead atoms. The number of piperidine rings is 1. The Balaban J connectivity index is 1.41. The van der Waals surface area contributed by atoms with Gasteiger partial charge in [0, 0.05) is 45.5 Å². The molecule has 0 radical (unpaired) electrons. The quantitative estimate of drug-likeness (QED) is 0.785. The SMILES string of the molecule is Cc1ncnc(N2CCC(N(C)c3ccnc(N4CCOCC4)n3)CC2)c1F. The third-order valence-corrected chi connectivity index (χ3v) is 5.54. The summed E-state index contributed by atoms with van der Waals surface area (Å²) >= 11 is 0. The van der Waals surface area contributed by atoms with Gasteiger partial charge in [-0.25, -0.2) is 19.3 Å². The molecule has 28 heavy (non-hydrogen) atoms. The third kappa shape index (κ3) is 3.84. The van der Waals surface area contributed by atoms with Crippen LogP contribution in [0.2, 0.25) is 0 Å². The summed E-state index contributed by atoms with van der Waals surface area (Å²) in [4.78, 5) is 23.6. The monoisotopic (exact) mass is 387 g/mol. The Morgan fingerprint density at radius 2 is 1.82 bits per heavy atom. The molecule has 9 heteroatoms. The van der Waals surface area contributed by atoms with Crippen molar-refractivity contribution in [3.63, 3.8) is 0 Å². The number of hydrogen-bond donors (Lipinski definition) is 0. The van der Waals surface area contributed by atoms with Gasteiger partial charge in [-0.2, -0.15) is 4.98 Å². The lowest BCUT2D eigenvalue weighted by Gasteiger charge is -2.38. The molecule has 2 fully saturated rings. The van der Waals surface area contributed by atoms with Crippen LogP contribution in [-0.2, 0) is 4.74 Å². The average molecular weight is 387 g/mol. The van der Waals surface area contributed by atoms with Crippen LogP contribution in [0.5, 0.6) is 0 Å². The van der Waals surface area contributed by atoms with E-state index in [0.717, 1.165) is 50.8 Å². The molecule has 0 atom stereocenters. The standard InChI is InChI=1S/C19H26FN7O/c1-14-17(20)18(23-13-22-14)26-7-4-15(5-8-26)25(2)16-3-6-21-19(24-16)27-9-11-28-12-10-27/h3,6,13,15H,4-5,7-12H2,1-2H3. The van der Waals surface area contributed by atoms with Gasteiger partial charge in [-0.05, 0) is 25.8 Å². The van der Waals surface area contributed by atoms with Crippen molar-refractivity contribution in [2.75, 3.05) is 61.1 Å². The van der Waals surface area contributed by atoms with Crippen LogP contribution in [0.15, 0.2) is 18.6 Å². The molecule has 4 heterocycles. The molecule has 0 saturated carbocycles. The zero-order valence-corrected chi connectivity index (χ0v) is 16.4. The lowest BCUT2D eigenvalue weighted by atomic mass is 10.0. The summed E-state index contributed by atoms with van der Waals surface area (Å²) in [5.74, 6) is 1.76. The van der Waals surface area contributed by atoms with E-state index in [1.165, 1.54) is 6.33 Å². The zero-order chi connectivity index (χ0) is 19.5. The van der Waals surface area contributed by atoms with Gasteiger partial charge in [0.05, 0.1) is 18.9 Å². The maximum atomic E-state index is 14.3. The number of anilines is 3. The topological polar surface area (TPSA) is 70.5 Å². The van der Waals surface area contributed by atoms with Crippen molar-refractivity contribution in [1.82, 2.24) is 19.9 Å². The lowest BCUT2D eigenvalue weighted by molar-refractivity contribution is 0.122. The highest BCUT2D eigenvalue weighted by atomic mass is 19.1. The summed E-state index contributed by atoms with van der Waals surface area (Å²) in [5.41, 5.74) is 0.390. The summed E-state index contributed by atoms with van der Waals surface area (Å²) < 4.78 is 19.7. The van der Waals surface area contributed by atoms with Crippen molar-refractivity contribution in [3.05, 3.63) is 30.1 Å². The fourth-order valence-corrected chi connectivity index (χ4v) is 3.77. The number of rotatable bonds is 4. The molecule has 0 aromatic carbocycles. The van der Waals surface area contributed by atoms with Gasteiger partial charge in [-0.3, -0.25) is 0 Å². The first kappa shape index (κ1) is 18.8. The van der Waals surface area contributed by atoms with Crippen LogP contribution in [0.1, 0.15) is 18.5 Å². The van der Waals surface area contributed by atoms with Gasteiger partial charge in [0.25, 0.3) is 0 Å². The number of halogens is 1. The minimum atomic E-state index is -0.319. The molecule has 0 unspecified atom stereocenters. The normalized spacial score (nSPS) is 18.4. The Morgan fingerprint density at radius 3 is 2.57 bits per heavy atom. The summed E-state index contributed by atoms with van der Waals surface area (Å²) in [5, 5.41) is 0. The summed E-state index contributed by atoms with van der Waals surface area (Å²) in [6.45, 7) is 6.22. The summed E-state index contributed by atoms with van der Waals surface area (Å²) in [6, 6.07) is 2.29. The second-order valence-corrected chi connectivity index (χ2v) is 7.24. The van der Waals surface area contributed by atoms with Gasteiger partial charge in [-0.1, -0.05) is 0 Å². The van der Waals surface area contributed by atoms with Gasteiger partial charge in [0.1, 0.15) is 12.1 Å². The summed E-state index contributed by atoms with van der Waals surface area (Å²) in [7, 11) is 2.07. The number of morpholine rings is 1. The highest BCUT2D eigenvalue weighted by Crippen LogP contribution is 2.26. The molecule has 2 aromatic heterocycles. The van der Waals surface area contributed by atoms with Gasteiger partial charge in [0.2, 0.25) is 5.95 Å². The fraction of sp³-hybridized carbons (Fsp3) is 0.579. The van der Waals surface area contributed by atoms with Crippen LogP contribution in [0.3, 0.4) is 0 Å². The Morgan fingerprint density at radius 1 is 1.07 bits per heavy atom. The van der Waals surface area contributed by atoms with E-state index in [2.05, 4.69) is 31.8 Å². The second-order valence-electron chi connectivity index (χ2n) is 7.24. The van der Waals surface area contributed by atoms with Gasteiger partial charge >= 0.3 is 0 Å². The van der Waals surface area contributed by atoms with Crippen molar-refractivity contribution in [1.29, 1.82) is 0 Å². The van der Waals surface area contributed by atoms with E-state index >= 15 is 0 Å². The Kier molecular flexibility index (Phi) is 5.52. The minimum Gasteiger partial charge on any atom is -0.378 e. The molecular weight excluding hydrogens is 361 g/mol. The fourth-order valence-electron chi connectivity index (χ4n) is 3.77. The van der Waals surface area contributed by atoms with Gasteiger partial charge in [0.15, 0.2) is 11.6 Å². The van der Waals surface area contributed by atoms with Crippen LogP contribution in [0.25, 0.3) is 0 Å². The predicted molar refractivity (Wildman–Crippen MR) is 105 cm³/mol. The number of hydrogen-bond acceptors (Lipinski definition) is 8. The largest absolute Gasteiger partial charge is 0.378 e. The van der Waals surface area contributed by atoms with E-state index in [1.54, 1.807) is 6.92 Å². The zero-order valence-electron chi connectivity index (χ0n) is 16.4. The van der Waals surface area contributed by atoms with Crippen LogP contribution in [0, 0.1) is 12.7 Å². The predicted octanol–water partition coefficient (Wildman–Crippen LogP) is 1.66. The van der Waals surface area contributed by atoms with E-state index in [9.17, 15) is 4.39 Å². The Bertz CT molecular complexity index is 807. The Hall–Kier alpha value is -2.55. The average Bonchev–Trinajstić information content (AvgIpc) is 2.76. The van der Waals surface area contributed by atoms with E-state index in [0.29, 0.717) is 30.8 Å². The van der Waals surface area contributed by atoms with E-state index in [4.69, 9.17) is 9.72 Å².